The number of piperidine rings is 1. The monoisotopic (exact) mass is 301 g/mol. The number of hydrogen-bond acceptors (Lipinski definition) is 5. The molecule has 2 atom stereocenters. The molecule has 0 saturated carbocycles. The van der Waals surface area contributed by atoms with Gasteiger partial charge in [-0.3, -0.25) is 9.59 Å². The van der Waals surface area contributed by atoms with Crippen molar-refractivity contribution >= 4 is 18.0 Å². The molecule has 0 unspecified atom stereocenters. The number of rotatable bonds is 3. The minimum Gasteiger partial charge on any atom is -0.481 e. The third-order valence-electron chi connectivity index (χ3n) is 3.36. The summed E-state index contributed by atoms with van der Waals surface area (Å²) in [5.74, 6) is -2.54. The van der Waals surface area contributed by atoms with Gasteiger partial charge in [0.05, 0.1) is 19.4 Å². The molecule has 1 N–H and O–H groups in total. The Hall–Kier alpha value is -1.79. The summed E-state index contributed by atoms with van der Waals surface area (Å²) in [6.07, 6.45) is -0.204. The first-order valence-corrected chi connectivity index (χ1v) is 6.91. The Morgan fingerprint density at radius 2 is 1.90 bits per heavy atom. The van der Waals surface area contributed by atoms with Crippen LogP contribution in [0.3, 0.4) is 0 Å². The summed E-state index contributed by atoms with van der Waals surface area (Å²) in [6.45, 7) is 5.78. The highest BCUT2D eigenvalue weighted by Crippen LogP contribution is 2.28. The third kappa shape index (κ3) is 5.24. The van der Waals surface area contributed by atoms with E-state index >= 15 is 0 Å². The maximum absolute atomic E-state index is 12.0. The lowest BCUT2D eigenvalue weighted by atomic mass is 9.83. The largest absolute Gasteiger partial charge is 0.481 e. The van der Waals surface area contributed by atoms with Crippen molar-refractivity contribution in [3.63, 3.8) is 0 Å². The van der Waals surface area contributed by atoms with Crippen molar-refractivity contribution in [1.29, 1.82) is 0 Å². The van der Waals surface area contributed by atoms with Crippen molar-refractivity contribution in [3.8, 4) is 0 Å². The Labute approximate surface area is 124 Å². The molecule has 0 aromatic rings. The Morgan fingerprint density at radius 3 is 2.38 bits per heavy atom. The molecule has 1 saturated heterocycles. The van der Waals surface area contributed by atoms with Crippen LogP contribution >= 0.6 is 0 Å². The smallest absolute Gasteiger partial charge is 0.410 e. The van der Waals surface area contributed by atoms with Gasteiger partial charge in [0, 0.05) is 19.0 Å². The summed E-state index contributed by atoms with van der Waals surface area (Å²) >= 11 is 0. The van der Waals surface area contributed by atoms with Crippen molar-refractivity contribution in [2.75, 3.05) is 20.2 Å². The first kappa shape index (κ1) is 17.3. The standard InChI is InChI=1S/C14H23NO6/c1-14(2,3)21-13(19)15-6-5-10(12(17)18)9(8-15)7-11(16)20-4/h9-10H,5-8H2,1-4H3,(H,17,18)/t9-,10-/m1/s1. The molecule has 0 bridgehead atoms. The van der Waals surface area contributed by atoms with E-state index in [0.717, 1.165) is 0 Å². The van der Waals surface area contributed by atoms with Gasteiger partial charge in [0.2, 0.25) is 0 Å². The lowest BCUT2D eigenvalue weighted by Crippen LogP contribution is -2.48. The van der Waals surface area contributed by atoms with E-state index in [2.05, 4.69) is 4.74 Å². The van der Waals surface area contributed by atoms with Gasteiger partial charge in [-0.05, 0) is 27.2 Å². The van der Waals surface area contributed by atoms with Crippen LogP contribution in [0.25, 0.3) is 0 Å². The number of esters is 1. The van der Waals surface area contributed by atoms with Crippen molar-refractivity contribution in [2.24, 2.45) is 11.8 Å². The second-order valence-electron chi connectivity index (χ2n) is 6.20. The number of aliphatic carboxylic acids is 1. The molecule has 120 valence electrons. The number of likely N-dealkylation sites (tertiary alicyclic amines) is 1. The van der Waals surface area contributed by atoms with Gasteiger partial charge < -0.3 is 19.5 Å². The first-order valence-electron chi connectivity index (χ1n) is 6.91. The van der Waals surface area contributed by atoms with E-state index in [4.69, 9.17) is 4.74 Å². The molecule has 7 nitrogen and oxygen atoms in total. The quantitative estimate of drug-likeness (QED) is 0.794. The molecule has 0 aliphatic carbocycles. The molecule has 1 rings (SSSR count). The zero-order valence-electron chi connectivity index (χ0n) is 12.9. The van der Waals surface area contributed by atoms with Crippen LogP contribution in [-0.2, 0) is 19.1 Å². The minimum absolute atomic E-state index is 0.0211. The second kappa shape index (κ2) is 6.78. The highest BCUT2D eigenvalue weighted by Gasteiger charge is 2.38. The van der Waals surface area contributed by atoms with Gasteiger partial charge >= 0.3 is 18.0 Å². The maximum atomic E-state index is 12.0. The number of ether oxygens (including phenoxy) is 2. The predicted molar refractivity (Wildman–Crippen MR) is 73.7 cm³/mol. The molecular weight excluding hydrogens is 278 g/mol. The van der Waals surface area contributed by atoms with Crippen LogP contribution in [-0.4, -0.2) is 53.8 Å². The summed E-state index contributed by atoms with van der Waals surface area (Å²) in [7, 11) is 1.26. The number of amides is 1. The molecule has 21 heavy (non-hydrogen) atoms. The molecule has 1 aliphatic rings. The summed E-state index contributed by atoms with van der Waals surface area (Å²) in [6, 6.07) is 0. The number of carbonyl (C=O) groups excluding carboxylic acids is 2. The molecule has 0 aromatic carbocycles. The molecule has 1 fully saturated rings. The summed E-state index contributed by atoms with van der Waals surface area (Å²) in [5, 5.41) is 9.22. The van der Waals surface area contributed by atoms with E-state index in [0.29, 0.717) is 13.0 Å². The number of methoxy groups -OCH3 is 1. The van der Waals surface area contributed by atoms with E-state index in [9.17, 15) is 19.5 Å². The molecule has 1 heterocycles. The van der Waals surface area contributed by atoms with E-state index in [1.54, 1.807) is 20.8 Å². The van der Waals surface area contributed by atoms with Crippen LogP contribution in [0.5, 0.6) is 0 Å². The number of carboxylic acid groups (broad SMARTS) is 1. The van der Waals surface area contributed by atoms with Crippen LogP contribution in [0.2, 0.25) is 0 Å². The highest BCUT2D eigenvalue weighted by molar-refractivity contribution is 5.75. The fourth-order valence-electron chi connectivity index (χ4n) is 2.35. The minimum atomic E-state index is -0.951. The van der Waals surface area contributed by atoms with E-state index in [-0.39, 0.29) is 13.0 Å². The lowest BCUT2D eigenvalue weighted by molar-refractivity contribution is -0.149. The number of carbonyl (C=O) groups is 3. The van der Waals surface area contributed by atoms with Crippen molar-refractivity contribution in [2.45, 2.75) is 39.2 Å². The number of hydrogen-bond donors (Lipinski definition) is 1. The van der Waals surface area contributed by atoms with E-state index in [1.165, 1.54) is 12.0 Å². The van der Waals surface area contributed by atoms with Crippen LogP contribution in [0.15, 0.2) is 0 Å². The Morgan fingerprint density at radius 1 is 1.29 bits per heavy atom. The van der Waals surface area contributed by atoms with Gasteiger partial charge in [-0.15, -0.1) is 0 Å². The maximum Gasteiger partial charge on any atom is 0.410 e. The normalized spacial score (nSPS) is 22.6. The number of carboxylic acids is 1. The average Bonchev–Trinajstić information content (AvgIpc) is 2.36. The van der Waals surface area contributed by atoms with Gasteiger partial charge in [-0.1, -0.05) is 0 Å². The van der Waals surface area contributed by atoms with E-state index < -0.39 is 35.5 Å². The fraction of sp³-hybridized carbons (Fsp3) is 0.786. The zero-order chi connectivity index (χ0) is 16.2. The summed E-state index contributed by atoms with van der Waals surface area (Å²) < 4.78 is 9.87. The predicted octanol–water partition coefficient (Wildman–Crippen LogP) is 1.51. The molecule has 1 amide bonds. The molecule has 1 aliphatic heterocycles. The van der Waals surface area contributed by atoms with Crippen LogP contribution in [0, 0.1) is 11.8 Å². The lowest BCUT2D eigenvalue weighted by Gasteiger charge is -2.36. The van der Waals surface area contributed by atoms with E-state index in [1.807, 2.05) is 0 Å². The van der Waals surface area contributed by atoms with Gasteiger partial charge in [-0.25, -0.2) is 4.79 Å². The molecule has 0 aromatic heterocycles. The van der Waals surface area contributed by atoms with Crippen molar-refractivity contribution < 1.29 is 29.0 Å². The Bertz CT molecular complexity index is 414. The fourth-order valence-corrected chi connectivity index (χ4v) is 2.35. The zero-order valence-corrected chi connectivity index (χ0v) is 12.9. The van der Waals surface area contributed by atoms with Gasteiger partial charge in [0.25, 0.3) is 0 Å². The Kier molecular flexibility index (Phi) is 5.57. The molecule has 0 spiro atoms. The number of nitrogens with zero attached hydrogens (tertiary/aromatic N) is 1. The van der Waals surface area contributed by atoms with Crippen LogP contribution in [0.1, 0.15) is 33.6 Å². The first-order chi connectivity index (χ1) is 9.64. The average molecular weight is 301 g/mol. The SMILES string of the molecule is COC(=O)C[C@@H]1CN(C(=O)OC(C)(C)C)CC[C@H]1C(=O)O. The second-order valence-corrected chi connectivity index (χ2v) is 6.20. The van der Waals surface area contributed by atoms with Crippen molar-refractivity contribution in [3.05, 3.63) is 0 Å². The Balaban J connectivity index is 2.74. The molecular formula is C14H23NO6. The molecule has 0 radical (unpaired) electrons. The third-order valence-corrected chi connectivity index (χ3v) is 3.36. The van der Waals surface area contributed by atoms with Gasteiger partial charge in [-0.2, -0.15) is 0 Å². The van der Waals surface area contributed by atoms with Crippen LogP contribution in [0.4, 0.5) is 4.79 Å². The topological polar surface area (TPSA) is 93.1 Å². The van der Waals surface area contributed by atoms with Crippen molar-refractivity contribution in [1.82, 2.24) is 4.90 Å². The van der Waals surface area contributed by atoms with Gasteiger partial charge in [0.1, 0.15) is 5.60 Å². The molecule has 7 heteroatoms. The van der Waals surface area contributed by atoms with Crippen LogP contribution < -0.4 is 0 Å². The summed E-state index contributed by atoms with van der Waals surface area (Å²) in [4.78, 5) is 36.1. The summed E-state index contributed by atoms with van der Waals surface area (Å²) in [5.41, 5.74) is -0.613. The van der Waals surface area contributed by atoms with Gasteiger partial charge in [0.15, 0.2) is 0 Å². The highest BCUT2D eigenvalue weighted by atomic mass is 16.6.